The number of hydrogen-bond acceptors (Lipinski definition) is 2. The molecule has 9 heteroatoms. The second-order valence-corrected chi connectivity index (χ2v) is 4.72. The number of aliphatic hydroxyl groups is 1. The minimum absolute atomic E-state index is 0.219. The smallest absolute Gasteiger partial charge is 0.449 e. The summed E-state index contributed by atoms with van der Waals surface area (Å²) in [6.07, 6.45) is -9.59. The highest BCUT2D eigenvalue weighted by Crippen LogP contribution is 2.41. The fourth-order valence-corrected chi connectivity index (χ4v) is 1.96. The molecule has 0 saturated heterocycles. The molecule has 2 aromatic rings. The van der Waals surface area contributed by atoms with E-state index in [9.17, 15) is 26.3 Å². The lowest BCUT2D eigenvalue weighted by atomic mass is 10.1. The zero-order valence-corrected chi connectivity index (χ0v) is 11.2. The van der Waals surface area contributed by atoms with Crippen LogP contribution in [0.3, 0.4) is 0 Å². The fourth-order valence-electron chi connectivity index (χ4n) is 1.79. The Morgan fingerprint density at radius 1 is 1.00 bits per heavy atom. The molecule has 2 rings (SSSR count). The Balaban J connectivity index is 2.55. The first-order valence-corrected chi connectivity index (χ1v) is 6.14. The highest BCUT2D eigenvalue weighted by molar-refractivity contribution is 6.19. The Bertz CT molecular complexity index is 672. The highest BCUT2D eigenvalue weighted by Gasteiger charge is 2.40. The van der Waals surface area contributed by atoms with Crippen molar-refractivity contribution in [3.63, 3.8) is 0 Å². The Morgan fingerprint density at radius 3 is 2.09 bits per heavy atom. The van der Waals surface area contributed by atoms with Crippen LogP contribution < -0.4 is 0 Å². The predicted octanol–water partition coefficient (Wildman–Crippen LogP) is 5.21. The average Bonchev–Trinajstić information content (AvgIpc) is 2.83. The van der Waals surface area contributed by atoms with Crippen LogP contribution in [-0.2, 0) is 12.4 Å². The number of alkyl halides is 7. The minimum Gasteiger partial charge on any atom is -0.451 e. The molecule has 1 aromatic carbocycles. The number of rotatable bonds is 2. The van der Waals surface area contributed by atoms with Crippen LogP contribution >= 0.6 is 11.6 Å². The molecular formula is C13H7ClF6O2. The molecule has 0 fully saturated rings. The molecule has 1 heterocycles. The van der Waals surface area contributed by atoms with Crippen molar-refractivity contribution in [2.45, 2.75) is 17.9 Å². The van der Waals surface area contributed by atoms with E-state index in [1.54, 1.807) is 0 Å². The summed E-state index contributed by atoms with van der Waals surface area (Å²) in [6, 6.07) is 4.36. The van der Waals surface area contributed by atoms with E-state index in [-0.39, 0.29) is 5.56 Å². The first-order chi connectivity index (χ1) is 10.00. The van der Waals surface area contributed by atoms with Gasteiger partial charge >= 0.3 is 12.4 Å². The van der Waals surface area contributed by atoms with Crippen LogP contribution in [0, 0.1) is 0 Å². The van der Waals surface area contributed by atoms with Gasteiger partial charge in [-0.3, -0.25) is 0 Å². The van der Waals surface area contributed by atoms with Crippen molar-refractivity contribution < 1.29 is 35.9 Å². The van der Waals surface area contributed by atoms with Crippen LogP contribution in [-0.4, -0.2) is 5.11 Å². The molecule has 0 saturated carbocycles. The van der Waals surface area contributed by atoms with E-state index in [4.69, 9.17) is 16.7 Å². The molecule has 1 unspecified atom stereocenters. The molecule has 0 aliphatic heterocycles. The van der Waals surface area contributed by atoms with E-state index in [1.165, 1.54) is 0 Å². The van der Waals surface area contributed by atoms with E-state index in [0.29, 0.717) is 6.07 Å². The molecule has 0 spiro atoms. The van der Waals surface area contributed by atoms with Gasteiger partial charge in [0.05, 0.1) is 5.56 Å². The monoisotopic (exact) mass is 344 g/mol. The number of hydrogen-bond donors (Lipinski definition) is 1. The largest absolute Gasteiger partial charge is 0.451 e. The molecule has 1 aromatic heterocycles. The summed E-state index contributed by atoms with van der Waals surface area (Å²) in [7, 11) is 0. The standard InChI is InChI=1S/C13H7ClF6O2/c14-11(21)8-5-9(22-10(8)13(18,19)20)6-2-1-3-7(4-6)12(15,16)17/h1-5,11,21H. The number of furan rings is 1. The molecule has 0 bridgehead atoms. The van der Waals surface area contributed by atoms with Crippen molar-refractivity contribution in [1.82, 2.24) is 0 Å². The third-order valence-corrected chi connectivity index (χ3v) is 2.98. The number of benzene rings is 1. The lowest BCUT2D eigenvalue weighted by Gasteiger charge is -2.07. The topological polar surface area (TPSA) is 33.4 Å². The number of aliphatic hydroxyl groups excluding tert-OH is 1. The van der Waals surface area contributed by atoms with Crippen molar-refractivity contribution in [2.75, 3.05) is 0 Å². The van der Waals surface area contributed by atoms with Crippen molar-refractivity contribution in [3.8, 4) is 11.3 Å². The van der Waals surface area contributed by atoms with E-state index >= 15 is 0 Å². The van der Waals surface area contributed by atoms with Gasteiger partial charge in [-0.1, -0.05) is 23.7 Å². The maximum Gasteiger partial charge on any atom is 0.449 e. The molecule has 0 radical (unpaired) electrons. The first-order valence-electron chi connectivity index (χ1n) is 5.71. The predicted molar refractivity (Wildman–Crippen MR) is 65.0 cm³/mol. The molecule has 22 heavy (non-hydrogen) atoms. The lowest BCUT2D eigenvalue weighted by molar-refractivity contribution is -0.154. The second kappa shape index (κ2) is 5.51. The van der Waals surface area contributed by atoms with Crippen LogP contribution in [0.2, 0.25) is 0 Å². The molecule has 2 nitrogen and oxygen atoms in total. The van der Waals surface area contributed by atoms with Gasteiger partial charge in [-0.05, 0) is 18.2 Å². The second-order valence-electron chi connectivity index (χ2n) is 4.31. The molecule has 0 aliphatic carbocycles. The summed E-state index contributed by atoms with van der Waals surface area (Å²) in [4.78, 5) is 0. The molecule has 120 valence electrons. The Labute approximate surface area is 124 Å². The molecule has 1 atom stereocenters. The van der Waals surface area contributed by atoms with Gasteiger partial charge in [-0.25, -0.2) is 0 Å². The van der Waals surface area contributed by atoms with E-state index < -0.39 is 40.6 Å². The quantitative estimate of drug-likeness (QED) is 0.599. The van der Waals surface area contributed by atoms with Gasteiger partial charge in [0.25, 0.3) is 0 Å². The zero-order chi connectivity index (χ0) is 16.7. The summed E-state index contributed by atoms with van der Waals surface area (Å²) >= 11 is 5.23. The SMILES string of the molecule is OC(Cl)c1cc(-c2cccc(C(F)(F)F)c2)oc1C(F)(F)F. The third-order valence-electron chi connectivity index (χ3n) is 2.75. The maximum atomic E-state index is 12.8. The van der Waals surface area contributed by atoms with Crippen molar-refractivity contribution in [1.29, 1.82) is 0 Å². The van der Waals surface area contributed by atoms with Gasteiger partial charge in [0, 0.05) is 11.1 Å². The van der Waals surface area contributed by atoms with Gasteiger partial charge in [0.15, 0.2) is 5.56 Å². The van der Waals surface area contributed by atoms with Crippen LogP contribution in [0.1, 0.15) is 22.5 Å². The van der Waals surface area contributed by atoms with E-state index in [1.807, 2.05) is 0 Å². The van der Waals surface area contributed by atoms with Crippen LogP contribution in [0.15, 0.2) is 34.7 Å². The minimum atomic E-state index is -4.94. The lowest BCUT2D eigenvalue weighted by Crippen LogP contribution is -2.07. The molecule has 0 amide bonds. The molecular weight excluding hydrogens is 338 g/mol. The summed E-state index contributed by atoms with van der Waals surface area (Å²) in [5, 5.41) is 9.14. The summed E-state index contributed by atoms with van der Waals surface area (Å²) < 4.78 is 80.7. The fraction of sp³-hybridized carbons (Fsp3) is 0.231. The van der Waals surface area contributed by atoms with Gasteiger partial charge in [-0.15, -0.1) is 0 Å². The van der Waals surface area contributed by atoms with Crippen LogP contribution in [0.5, 0.6) is 0 Å². The number of halogens is 7. The van der Waals surface area contributed by atoms with Crippen molar-refractivity contribution in [2.24, 2.45) is 0 Å². The highest BCUT2D eigenvalue weighted by atomic mass is 35.5. The summed E-state index contributed by atoms with van der Waals surface area (Å²) in [6.45, 7) is 0. The van der Waals surface area contributed by atoms with Gasteiger partial charge < -0.3 is 9.52 Å². The van der Waals surface area contributed by atoms with Gasteiger partial charge in [0.2, 0.25) is 5.76 Å². The third kappa shape index (κ3) is 3.38. The molecule has 1 N–H and O–H groups in total. The van der Waals surface area contributed by atoms with Gasteiger partial charge in [0.1, 0.15) is 5.76 Å². The summed E-state index contributed by atoms with van der Waals surface area (Å²) in [5.41, 5.74) is -4.02. The van der Waals surface area contributed by atoms with Gasteiger partial charge in [-0.2, -0.15) is 26.3 Å². The Hall–Kier alpha value is -1.67. The van der Waals surface area contributed by atoms with Crippen LogP contribution in [0.4, 0.5) is 26.3 Å². The van der Waals surface area contributed by atoms with E-state index in [2.05, 4.69) is 4.42 Å². The normalized spacial score (nSPS) is 14.2. The van der Waals surface area contributed by atoms with Crippen molar-refractivity contribution in [3.05, 3.63) is 47.2 Å². The summed E-state index contributed by atoms with van der Waals surface area (Å²) in [5.74, 6) is -2.03. The average molecular weight is 345 g/mol. The van der Waals surface area contributed by atoms with Crippen molar-refractivity contribution >= 4 is 11.6 Å². The molecule has 0 aliphatic rings. The van der Waals surface area contributed by atoms with Crippen LogP contribution in [0.25, 0.3) is 11.3 Å². The maximum absolute atomic E-state index is 12.8. The Morgan fingerprint density at radius 2 is 1.64 bits per heavy atom. The van der Waals surface area contributed by atoms with E-state index in [0.717, 1.165) is 24.3 Å². The Kier molecular flexibility index (Phi) is 4.18. The zero-order valence-electron chi connectivity index (χ0n) is 10.5. The first kappa shape index (κ1) is 16.7.